The third-order valence-electron chi connectivity index (χ3n) is 5.13. The van der Waals surface area contributed by atoms with Crippen molar-refractivity contribution in [2.24, 2.45) is 0 Å². The van der Waals surface area contributed by atoms with Gasteiger partial charge in [0, 0.05) is 0 Å². The second-order valence-corrected chi connectivity index (χ2v) is 7.11. The Hall–Kier alpha value is -3.21. The molecule has 1 aliphatic heterocycles. The van der Waals surface area contributed by atoms with Crippen LogP contribution in [-0.2, 0) is 19.1 Å². The van der Waals surface area contributed by atoms with Crippen LogP contribution in [-0.4, -0.2) is 41.8 Å². The molecule has 1 aliphatic carbocycles. The molecule has 1 saturated carbocycles. The van der Waals surface area contributed by atoms with Crippen LogP contribution >= 0.6 is 0 Å². The highest BCUT2D eigenvalue weighted by molar-refractivity contribution is 6.52. The van der Waals surface area contributed by atoms with Crippen LogP contribution in [0.3, 0.4) is 0 Å². The summed E-state index contributed by atoms with van der Waals surface area (Å²) in [6, 6.07) is 8.55. The number of para-hydroxylation sites is 1. The lowest BCUT2D eigenvalue weighted by Gasteiger charge is -2.32. The van der Waals surface area contributed by atoms with Crippen molar-refractivity contribution in [3.8, 4) is 6.07 Å². The number of hydrogen-bond donors (Lipinski definition) is 1. The van der Waals surface area contributed by atoms with Crippen molar-refractivity contribution in [2.75, 3.05) is 11.4 Å². The number of esters is 1. The maximum atomic E-state index is 12.4. The van der Waals surface area contributed by atoms with E-state index in [0.29, 0.717) is 18.5 Å². The van der Waals surface area contributed by atoms with Crippen molar-refractivity contribution in [1.29, 1.82) is 5.26 Å². The molecular weight excluding hydrogens is 362 g/mol. The number of anilines is 1. The summed E-state index contributed by atoms with van der Waals surface area (Å²) in [5.74, 6) is -2.85. The number of nitriles is 1. The number of amides is 2. The molecule has 1 heterocycles. The van der Waals surface area contributed by atoms with Crippen LogP contribution in [0.5, 0.6) is 0 Å². The van der Waals surface area contributed by atoms with E-state index < -0.39 is 41.8 Å². The summed E-state index contributed by atoms with van der Waals surface area (Å²) in [5.41, 5.74) is -0.344. The van der Waals surface area contributed by atoms with Crippen LogP contribution in [0, 0.1) is 11.3 Å². The van der Waals surface area contributed by atoms with Gasteiger partial charge in [0.25, 0.3) is 17.6 Å². The smallest absolute Gasteiger partial charge is 0.326 e. The fraction of sp³-hybridized carbons (Fsp3) is 0.450. The molecule has 3 rings (SSSR count). The third kappa shape index (κ3) is 3.74. The van der Waals surface area contributed by atoms with Gasteiger partial charge in [-0.1, -0.05) is 31.4 Å². The molecule has 28 heavy (non-hydrogen) atoms. The minimum Gasteiger partial charge on any atom is -0.451 e. The predicted octanol–water partition coefficient (Wildman–Crippen LogP) is 1.49. The van der Waals surface area contributed by atoms with Crippen LogP contribution in [0.15, 0.2) is 24.3 Å². The molecule has 1 aromatic carbocycles. The van der Waals surface area contributed by atoms with E-state index in [0.717, 1.165) is 24.2 Å². The zero-order chi connectivity index (χ0) is 20.3. The van der Waals surface area contributed by atoms with Crippen LogP contribution in [0.2, 0.25) is 0 Å². The highest BCUT2D eigenvalue weighted by Crippen LogP contribution is 2.29. The Kier molecular flexibility index (Phi) is 5.45. The van der Waals surface area contributed by atoms with E-state index in [1.807, 2.05) is 0 Å². The molecule has 8 nitrogen and oxygen atoms in total. The lowest BCUT2D eigenvalue weighted by molar-refractivity contribution is -0.154. The van der Waals surface area contributed by atoms with Gasteiger partial charge in [-0.25, -0.2) is 0 Å². The topological polar surface area (TPSA) is 117 Å². The Morgan fingerprint density at radius 1 is 1.25 bits per heavy atom. The van der Waals surface area contributed by atoms with Gasteiger partial charge in [0.1, 0.15) is 12.1 Å². The van der Waals surface area contributed by atoms with Gasteiger partial charge in [0.2, 0.25) is 0 Å². The molecule has 2 amide bonds. The van der Waals surface area contributed by atoms with E-state index in [1.165, 1.54) is 13.0 Å². The van der Waals surface area contributed by atoms with Crippen molar-refractivity contribution >= 4 is 29.3 Å². The lowest BCUT2D eigenvalue weighted by Crippen LogP contribution is -2.52. The summed E-state index contributed by atoms with van der Waals surface area (Å²) < 4.78 is 5.14. The number of nitrogens with zero attached hydrogens (tertiary/aromatic N) is 2. The first-order chi connectivity index (χ1) is 13.4. The quantitative estimate of drug-likeness (QED) is 0.608. The Morgan fingerprint density at radius 3 is 2.61 bits per heavy atom. The number of rotatable bonds is 5. The number of ketones is 1. The molecule has 0 bridgehead atoms. The van der Waals surface area contributed by atoms with Crippen LogP contribution < -0.4 is 10.2 Å². The Bertz CT molecular complexity index is 867. The molecule has 1 N–H and O–H groups in total. The molecule has 8 heteroatoms. The molecule has 146 valence electrons. The van der Waals surface area contributed by atoms with Crippen LogP contribution in [0.4, 0.5) is 5.69 Å². The third-order valence-corrected chi connectivity index (χ3v) is 5.13. The van der Waals surface area contributed by atoms with Gasteiger partial charge in [-0.3, -0.25) is 24.1 Å². The Balaban J connectivity index is 1.60. The maximum Gasteiger partial charge on any atom is 0.326 e. The number of benzene rings is 1. The average Bonchev–Trinajstić information content (AvgIpc) is 2.93. The first-order valence-corrected chi connectivity index (χ1v) is 9.25. The van der Waals surface area contributed by atoms with E-state index in [-0.39, 0.29) is 5.56 Å². The van der Waals surface area contributed by atoms with Crippen molar-refractivity contribution in [2.45, 2.75) is 50.7 Å². The van der Waals surface area contributed by atoms with Crippen LogP contribution in [0.25, 0.3) is 0 Å². The predicted molar refractivity (Wildman–Crippen MR) is 98.3 cm³/mol. The second kappa shape index (κ2) is 7.80. The molecule has 2 aliphatic rings. The van der Waals surface area contributed by atoms with Gasteiger partial charge in [0.05, 0.1) is 17.3 Å². The fourth-order valence-electron chi connectivity index (χ4n) is 3.58. The van der Waals surface area contributed by atoms with Gasteiger partial charge in [-0.05, 0) is 31.9 Å². The van der Waals surface area contributed by atoms with Crippen LogP contribution in [0.1, 0.15) is 49.4 Å². The second-order valence-electron chi connectivity index (χ2n) is 7.11. The standard InChI is InChI=1S/C20H21N3O5/c1-13(18(26)22-20(12-21)9-5-2-6-10-20)28-16(24)11-23-15-8-4-3-7-14(15)17(25)19(23)27/h3-4,7-8,13H,2,5-6,9-11H2,1H3,(H,22,26)/t13-/m0/s1. The summed E-state index contributed by atoms with van der Waals surface area (Å²) in [6.45, 7) is 0.939. The number of carbonyl (C=O) groups is 4. The zero-order valence-electron chi connectivity index (χ0n) is 15.6. The van der Waals surface area contributed by atoms with Crippen molar-refractivity contribution in [3.05, 3.63) is 29.8 Å². The molecular formula is C20H21N3O5. The fourth-order valence-corrected chi connectivity index (χ4v) is 3.58. The van der Waals surface area contributed by atoms with E-state index in [9.17, 15) is 24.4 Å². The van der Waals surface area contributed by atoms with Crippen molar-refractivity contribution < 1.29 is 23.9 Å². The summed E-state index contributed by atoms with van der Waals surface area (Å²) in [4.78, 5) is 49.8. The number of carbonyl (C=O) groups excluding carboxylic acids is 4. The summed E-state index contributed by atoms with van der Waals surface area (Å²) in [7, 11) is 0. The number of ether oxygens (including phenoxy) is 1. The molecule has 1 atom stereocenters. The lowest BCUT2D eigenvalue weighted by atomic mass is 9.83. The molecule has 1 fully saturated rings. The highest BCUT2D eigenvalue weighted by atomic mass is 16.5. The minimum absolute atomic E-state index is 0.236. The molecule has 0 saturated heterocycles. The van der Waals surface area contributed by atoms with E-state index >= 15 is 0 Å². The monoisotopic (exact) mass is 383 g/mol. The average molecular weight is 383 g/mol. The minimum atomic E-state index is -1.12. The SMILES string of the molecule is C[C@H](OC(=O)CN1C(=O)C(=O)c2ccccc21)C(=O)NC1(C#N)CCCCC1. The number of hydrogen-bond acceptors (Lipinski definition) is 6. The van der Waals surface area contributed by atoms with E-state index in [4.69, 9.17) is 4.74 Å². The molecule has 1 aromatic rings. The highest BCUT2D eigenvalue weighted by Gasteiger charge is 2.38. The summed E-state index contributed by atoms with van der Waals surface area (Å²) in [5, 5.41) is 12.1. The van der Waals surface area contributed by atoms with Gasteiger partial charge in [0.15, 0.2) is 6.10 Å². The first-order valence-electron chi connectivity index (χ1n) is 9.25. The van der Waals surface area contributed by atoms with Gasteiger partial charge in [-0.15, -0.1) is 0 Å². The van der Waals surface area contributed by atoms with Gasteiger partial charge in [-0.2, -0.15) is 5.26 Å². The largest absolute Gasteiger partial charge is 0.451 e. The Morgan fingerprint density at radius 2 is 1.93 bits per heavy atom. The summed E-state index contributed by atoms with van der Waals surface area (Å²) >= 11 is 0. The summed E-state index contributed by atoms with van der Waals surface area (Å²) in [6.07, 6.45) is 2.74. The van der Waals surface area contributed by atoms with E-state index in [2.05, 4.69) is 11.4 Å². The zero-order valence-corrected chi connectivity index (χ0v) is 15.6. The number of nitrogens with one attached hydrogen (secondary N) is 1. The number of fused-ring (bicyclic) bond motifs is 1. The normalized spacial score (nSPS) is 18.8. The van der Waals surface area contributed by atoms with Crippen molar-refractivity contribution in [1.82, 2.24) is 5.32 Å². The van der Waals surface area contributed by atoms with Gasteiger partial charge < -0.3 is 10.1 Å². The number of Topliss-reactive ketones (excluding diaryl/α,β-unsaturated/α-hetero) is 1. The molecule has 0 radical (unpaired) electrons. The maximum absolute atomic E-state index is 12.4. The molecule has 0 aromatic heterocycles. The molecule has 0 unspecified atom stereocenters. The van der Waals surface area contributed by atoms with Crippen molar-refractivity contribution in [3.63, 3.8) is 0 Å². The van der Waals surface area contributed by atoms with E-state index in [1.54, 1.807) is 18.2 Å². The first kappa shape index (κ1) is 19.5. The molecule has 0 spiro atoms. The van der Waals surface area contributed by atoms with Gasteiger partial charge >= 0.3 is 5.97 Å². The Labute approximate surface area is 162 Å².